The topological polar surface area (TPSA) is 54.4 Å². The number of hydrogen-bond donors (Lipinski definition) is 1. The first-order valence-electron chi connectivity index (χ1n) is 7.69. The number of nitrogens with zero attached hydrogens (tertiary/aromatic N) is 2. The summed E-state index contributed by atoms with van der Waals surface area (Å²) < 4.78 is 0. The molecule has 3 aromatic rings. The number of carbonyl (C=O) groups excluding carboxylic acids is 1. The minimum Gasteiger partial charge on any atom is -0.273 e. The van der Waals surface area contributed by atoms with Crippen LogP contribution in [0.3, 0.4) is 0 Å². The van der Waals surface area contributed by atoms with Crippen LogP contribution in [-0.4, -0.2) is 16.6 Å². The van der Waals surface area contributed by atoms with E-state index in [-0.39, 0.29) is 5.91 Å². The predicted molar refractivity (Wildman–Crippen MR) is 94.6 cm³/mol. The van der Waals surface area contributed by atoms with Gasteiger partial charge < -0.3 is 0 Å². The Balaban J connectivity index is 1.81. The third kappa shape index (κ3) is 4.14. The van der Waals surface area contributed by atoms with E-state index in [1.54, 1.807) is 12.4 Å². The summed E-state index contributed by atoms with van der Waals surface area (Å²) in [5.41, 5.74) is 6.15. The zero-order valence-corrected chi connectivity index (χ0v) is 13.1. The Morgan fingerprint density at radius 2 is 1.42 bits per heavy atom. The van der Waals surface area contributed by atoms with E-state index in [9.17, 15) is 4.79 Å². The van der Waals surface area contributed by atoms with Gasteiger partial charge in [-0.3, -0.25) is 9.78 Å². The number of hydrazone groups is 1. The van der Waals surface area contributed by atoms with Gasteiger partial charge in [0.1, 0.15) is 0 Å². The fourth-order valence-electron chi connectivity index (χ4n) is 2.34. The van der Waals surface area contributed by atoms with Crippen molar-refractivity contribution in [1.82, 2.24) is 10.4 Å². The number of benzene rings is 2. The van der Waals surface area contributed by atoms with Crippen molar-refractivity contribution in [2.45, 2.75) is 6.42 Å². The first-order chi connectivity index (χ1) is 11.8. The Morgan fingerprint density at radius 3 is 2.08 bits per heavy atom. The molecule has 0 fully saturated rings. The molecule has 1 aromatic heterocycles. The van der Waals surface area contributed by atoms with E-state index in [2.05, 4.69) is 15.5 Å². The van der Waals surface area contributed by atoms with Gasteiger partial charge in [0.25, 0.3) is 0 Å². The predicted octanol–water partition coefficient (Wildman–Crippen LogP) is 3.19. The van der Waals surface area contributed by atoms with Crippen LogP contribution in [0.15, 0.2) is 90.3 Å². The van der Waals surface area contributed by atoms with Crippen LogP contribution in [0.25, 0.3) is 0 Å². The Hall–Kier alpha value is -3.27. The van der Waals surface area contributed by atoms with Gasteiger partial charge in [0.05, 0.1) is 12.1 Å². The molecule has 4 heteroatoms. The lowest BCUT2D eigenvalue weighted by molar-refractivity contribution is -0.120. The molecule has 0 atom stereocenters. The van der Waals surface area contributed by atoms with Crippen LogP contribution < -0.4 is 5.43 Å². The van der Waals surface area contributed by atoms with Crippen molar-refractivity contribution in [3.63, 3.8) is 0 Å². The minimum atomic E-state index is -0.149. The molecule has 0 radical (unpaired) electrons. The molecule has 0 saturated heterocycles. The lowest BCUT2D eigenvalue weighted by Crippen LogP contribution is -2.22. The van der Waals surface area contributed by atoms with Gasteiger partial charge in [-0.2, -0.15) is 5.10 Å². The zero-order valence-electron chi connectivity index (χ0n) is 13.1. The Labute approximate surface area is 140 Å². The lowest BCUT2D eigenvalue weighted by Gasteiger charge is -2.08. The molecule has 2 aromatic carbocycles. The zero-order chi connectivity index (χ0) is 16.6. The van der Waals surface area contributed by atoms with Gasteiger partial charge in [0, 0.05) is 23.5 Å². The van der Waals surface area contributed by atoms with Gasteiger partial charge >= 0.3 is 0 Å². The quantitative estimate of drug-likeness (QED) is 0.581. The number of nitrogens with one attached hydrogen (secondary N) is 1. The van der Waals surface area contributed by atoms with Crippen molar-refractivity contribution in [2.24, 2.45) is 5.10 Å². The fourth-order valence-corrected chi connectivity index (χ4v) is 2.34. The maximum absolute atomic E-state index is 12.1. The van der Waals surface area contributed by atoms with Gasteiger partial charge in [-0.15, -0.1) is 0 Å². The SMILES string of the molecule is O=C(Cc1ccccc1)N/N=C(/c1ccccc1)c1ccncc1. The van der Waals surface area contributed by atoms with Crippen molar-refractivity contribution >= 4 is 11.6 Å². The average molecular weight is 315 g/mol. The number of aromatic nitrogens is 1. The van der Waals surface area contributed by atoms with Gasteiger partial charge in [0.2, 0.25) is 5.91 Å². The summed E-state index contributed by atoms with van der Waals surface area (Å²) in [5, 5.41) is 4.35. The summed E-state index contributed by atoms with van der Waals surface area (Å²) in [4.78, 5) is 16.2. The van der Waals surface area contributed by atoms with E-state index in [0.717, 1.165) is 16.7 Å². The van der Waals surface area contributed by atoms with E-state index >= 15 is 0 Å². The maximum Gasteiger partial charge on any atom is 0.244 e. The highest BCUT2D eigenvalue weighted by Crippen LogP contribution is 2.09. The molecular weight excluding hydrogens is 298 g/mol. The normalized spacial score (nSPS) is 11.1. The number of amides is 1. The molecule has 1 N–H and O–H groups in total. The summed E-state index contributed by atoms with van der Waals surface area (Å²) in [6, 6.07) is 23.1. The minimum absolute atomic E-state index is 0.149. The average Bonchev–Trinajstić information content (AvgIpc) is 2.64. The van der Waals surface area contributed by atoms with Gasteiger partial charge in [-0.25, -0.2) is 5.43 Å². The molecule has 1 heterocycles. The van der Waals surface area contributed by atoms with E-state index in [1.165, 1.54) is 0 Å². The Morgan fingerprint density at radius 1 is 0.833 bits per heavy atom. The highest BCUT2D eigenvalue weighted by atomic mass is 16.2. The van der Waals surface area contributed by atoms with Crippen molar-refractivity contribution < 1.29 is 4.79 Å². The van der Waals surface area contributed by atoms with E-state index in [1.807, 2.05) is 72.8 Å². The molecule has 0 saturated carbocycles. The standard InChI is InChI=1S/C20H17N3O/c24-19(15-16-7-3-1-4-8-16)22-23-20(17-9-5-2-6-10-17)18-11-13-21-14-12-18/h1-14H,15H2,(H,22,24)/b23-20-. The van der Waals surface area contributed by atoms with Crippen molar-refractivity contribution in [3.05, 3.63) is 102 Å². The number of hydrogen-bond acceptors (Lipinski definition) is 3. The number of rotatable bonds is 5. The monoisotopic (exact) mass is 315 g/mol. The van der Waals surface area contributed by atoms with Gasteiger partial charge in [-0.05, 0) is 17.7 Å². The number of pyridine rings is 1. The van der Waals surface area contributed by atoms with Crippen LogP contribution in [0.2, 0.25) is 0 Å². The van der Waals surface area contributed by atoms with Crippen LogP contribution >= 0.6 is 0 Å². The van der Waals surface area contributed by atoms with Crippen molar-refractivity contribution in [1.29, 1.82) is 0 Å². The molecule has 1 amide bonds. The molecule has 4 nitrogen and oxygen atoms in total. The largest absolute Gasteiger partial charge is 0.273 e. The van der Waals surface area contributed by atoms with Crippen molar-refractivity contribution in [3.8, 4) is 0 Å². The molecular formula is C20H17N3O. The summed E-state index contributed by atoms with van der Waals surface area (Å²) in [5.74, 6) is -0.149. The summed E-state index contributed by atoms with van der Waals surface area (Å²) >= 11 is 0. The molecule has 0 aliphatic carbocycles. The third-order valence-electron chi connectivity index (χ3n) is 3.50. The summed E-state index contributed by atoms with van der Waals surface area (Å²) in [7, 11) is 0. The molecule has 0 aliphatic heterocycles. The van der Waals surface area contributed by atoms with Crippen LogP contribution in [0, 0.1) is 0 Å². The first kappa shape index (κ1) is 15.6. The Bertz CT molecular complexity index is 774. The lowest BCUT2D eigenvalue weighted by atomic mass is 10.0. The fraction of sp³-hybridized carbons (Fsp3) is 0.0500. The molecule has 3 rings (SSSR count). The van der Waals surface area contributed by atoms with Gasteiger partial charge in [-0.1, -0.05) is 60.7 Å². The second kappa shape index (κ2) is 7.83. The van der Waals surface area contributed by atoms with Crippen LogP contribution in [0.1, 0.15) is 16.7 Å². The molecule has 0 aliphatic rings. The van der Waals surface area contributed by atoms with Crippen LogP contribution in [-0.2, 0) is 11.2 Å². The molecule has 0 bridgehead atoms. The van der Waals surface area contributed by atoms with E-state index < -0.39 is 0 Å². The molecule has 24 heavy (non-hydrogen) atoms. The highest BCUT2D eigenvalue weighted by molar-refractivity contribution is 6.13. The smallest absolute Gasteiger partial charge is 0.244 e. The molecule has 0 spiro atoms. The summed E-state index contributed by atoms with van der Waals surface area (Å²) in [6.07, 6.45) is 3.71. The third-order valence-corrected chi connectivity index (χ3v) is 3.50. The van der Waals surface area contributed by atoms with Gasteiger partial charge in [0.15, 0.2) is 0 Å². The van der Waals surface area contributed by atoms with E-state index in [0.29, 0.717) is 12.1 Å². The Kier molecular flexibility index (Phi) is 5.10. The highest BCUT2D eigenvalue weighted by Gasteiger charge is 2.08. The summed E-state index contributed by atoms with van der Waals surface area (Å²) in [6.45, 7) is 0. The second-order valence-electron chi connectivity index (χ2n) is 5.26. The molecule has 118 valence electrons. The maximum atomic E-state index is 12.1. The van der Waals surface area contributed by atoms with Crippen LogP contribution in [0.5, 0.6) is 0 Å². The van der Waals surface area contributed by atoms with Crippen molar-refractivity contribution in [2.75, 3.05) is 0 Å². The number of carbonyl (C=O) groups is 1. The van der Waals surface area contributed by atoms with Crippen LogP contribution in [0.4, 0.5) is 0 Å². The van der Waals surface area contributed by atoms with E-state index in [4.69, 9.17) is 0 Å². The molecule has 0 unspecified atom stereocenters. The second-order valence-corrected chi connectivity index (χ2v) is 5.26. The first-order valence-corrected chi connectivity index (χ1v) is 7.69.